The number of nitrogens with two attached hydrogens (primary N) is 2. The minimum atomic E-state index is -5.05. The number of halogens is 6. The molecule has 1 amide bonds. The summed E-state index contributed by atoms with van der Waals surface area (Å²) >= 11 is 0.739. The molecular formula is C32H32F6N8O2S. The third kappa shape index (κ3) is 5.23. The first-order valence-corrected chi connectivity index (χ1v) is 16.9. The zero-order valence-corrected chi connectivity index (χ0v) is 26.9. The van der Waals surface area contributed by atoms with E-state index in [1.54, 1.807) is 9.80 Å². The number of alkyl halides is 4. The Morgan fingerprint density at radius 1 is 1.08 bits per heavy atom. The minimum Gasteiger partial charge on any atom is -0.461 e. The molecule has 8 rings (SSSR count). The molecule has 0 radical (unpaired) electrons. The van der Waals surface area contributed by atoms with Crippen LogP contribution in [0, 0.1) is 11.6 Å². The van der Waals surface area contributed by atoms with Crippen LogP contribution in [-0.2, 0) is 11.0 Å². The molecule has 10 nitrogen and oxygen atoms in total. The predicted molar refractivity (Wildman–Crippen MR) is 171 cm³/mol. The number of ether oxygens (including phenoxy) is 1. The molecule has 2 aromatic carbocycles. The van der Waals surface area contributed by atoms with Gasteiger partial charge in [0.05, 0.1) is 27.9 Å². The molecule has 6 heterocycles. The fourth-order valence-electron chi connectivity index (χ4n) is 8.41. The molecule has 260 valence electrons. The highest BCUT2D eigenvalue weighted by Crippen LogP contribution is 2.47. The lowest BCUT2D eigenvalue weighted by molar-refractivity contribution is -0.137. The molecule has 4 aliphatic heterocycles. The number of piperazine rings is 1. The van der Waals surface area contributed by atoms with Crippen LogP contribution in [0.1, 0.15) is 37.7 Å². The van der Waals surface area contributed by atoms with Gasteiger partial charge in [0, 0.05) is 54.7 Å². The van der Waals surface area contributed by atoms with E-state index in [1.165, 1.54) is 0 Å². The molecule has 0 saturated carbocycles. The van der Waals surface area contributed by atoms with Crippen LogP contribution in [0.4, 0.5) is 37.3 Å². The van der Waals surface area contributed by atoms with Crippen LogP contribution in [-0.4, -0.2) is 93.8 Å². The van der Waals surface area contributed by atoms with Gasteiger partial charge in [-0.25, -0.2) is 18.2 Å². The molecule has 2 bridgehead atoms. The van der Waals surface area contributed by atoms with Gasteiger partial charge in [-0.1, -0.05) is 11.3 Å². The first kappa shape index (κ1) is 32.3. The average Bonchev–Trinajstić information content (AvgIpc) is 3.79. The Hall–Kier alpha value is -3.96. The number of anilines is 2. The number of benzene rings is 2. The highest BCUT2D eigenvalue weighted by Gasteiger charge is 2.50. The number of nitrogens with zero attached hydrogens (tertiary/aromatic N) is 6. The van der Waals surface area contributed by atoms with Crippen molar-refractivity contribution in [2.75, 3.05) is 50.0 Å². The number of carbonyl (C=O) groups excluding carboxylic acids is 1. The van der Waals surface area contributed by atoms with E-state index in [9.17, 15) is 26.7 Å². The quantitative estimate of drug-likeness (QED) is 0.270. The number of thiazole rings is 1. The predicted octanol–water partition coefficient (Wildman–Crippen LogP) is 4.88. The van der Waals surface area contributed by atoms with Gasteiger partial charge in [-0.15, -0.1) is 0 Å². The van der Waals surface area contributed by atoms with Crippen molar-refractivity contribution in [1.82, 2.24) is 24.8 Å². The summed E-state index contributed by atoms with van der Waals surface area (Å²) < 4.78 is 96.8. The first-order chi connectivity index (χ1) is 23.4. The van der Waals surface area contributed by atoms with Gasteiger partial charge in [0.25, 0.3) is 0 Å². The third-order valence-electron chi connectivity index (χ3n) is 10.5. The zero-order chi connectivity index (χ0) is 34.4. The van der Waals surface area contributed by atoms with Gasteiger partial charge in [-0.2, -0.15) is 23.1 Å². The SMILES string of the molecule is NCC(=O)N1C2CCC1CN(c1nc(OCC34CCCN3CC(F)C4)nc3c(F)c(-c4ccc(F)c5sc(N)nc45)c(C(F)(F)F)cc13)C2. The van der Waals surface area contributed by atoms with Gasteiger partial charge in [0.1, 0.15) is 29.9 Å². The molecule has 4 aromatic rings. The largest absolute Gasteiger partial charge is 0.461 e. The van der Waals surface area contributed by atoms with E-state index >= 15 is 4.39 Å². The third-order valence-corrected chi connectivity index (χ3v) is 11.3. The van der Waals surface area contributed by atoms with Crippen molar-refractivity contribution in [3.8, 4) is 17.1 Å². The molecule has 4 fully saturated rings. The molecule has 4 atom stereocenters. The van der Waals surface area contributed by atoms with Crippen LogP contribution in [0.2, 0.25) is 0 Å². The van der Waals surface area contributed by atoms with Crippen LogP contribution >= 0.6 is 11.3 Å². The van der Waals surface area contributed by atoms with Crippen LogP contribution in [0.5, 0.6) is 6.01 Å². The number of hydrogen-bond donors (Lipinski definition) is 2. The second-order valence-electron chi connectivity index (χ2n) is 13.3. The number of amides is 1. The van der Waals surface area contributed by atoms with Crippen molar-refractivity contribution >= 4 is 49.3 Å². The summed E-state index contributed by atoms with van der Waals surface area (Å²) in [5.74, 6) is -2.28. The van der Waals surface area contributed by atoms with E-state index in [1.807, 2.05) is 4.90 Å². The van der Waals surface area contributed by atoms with E-state index in [2.05, 4.69) is 15.0 Å². The van der Waals surface area contributed by atoms with Gasteiger partial charge < -0.3 is 26.0 Å². The second kappa shape index (κ2) is 11.6. The molecule has 4 saturated heterocycles. The molecule has 4 aliphatic rings. The zero-order valence-electron chi connectivity index (χ0n) is 26.1. The Morgan fingerprint density at radius 2 is 1.84 bits per heavy atom. The summed E-state index contributed by atoms with van der Waals surface area (Å²) in [6.45, 7) is 1.24. The number of fused-ring (bicyclic) bond motifs is 5. The van der Waals surface area contributed by atoms with E-state index < -0.39 is 46.2 Å². The second-order valence-corrected chi connectivity index (χ2v) is 14.4. The molecule has 0 aliphatic carbocycles. The van der Waals surface area contributed by atoms with E-state index in [0.717, 1.165) is 36.0 Å². The molecular weight excluding hydrogens is 674 g/mol. The lowest BCUT2D eigenvalue weighted by Crippen LogP contribution is -2.57. The highest BCUT2D eigenvalue weighted by molar-refractivity contribution is 7.22. The van der Waals surface area contributed by atoms with Gasteiger partial charge >= 0.3 is 12.2 Å². The summed E-state index contributed by atoms with van der Waals surface area (Å²) in [7, 11) is 0. The summed E-state index contributed by atoms with van der Waals surface area (Å²) in [5.41, 5.74) is 7.73. The fraction of sp³-hybridized carbons (Fsp3) is 0.500. The maximum Gasteiger partial charge on any atom is 0.417 e. The van der Waals surface area contributed by atoms with Crippen LogP contribution in [0.25, 0.3) is 32.2 Å². The molecule has 17 heteroatoms. The van der Waals surface area contributed by atoms with Crippen molar-refractivity contribution < 1.29 is 35.9 Å². The minimum absolute atomic E-state index is 0.00813. The number of rotatable bonds is 6. The number of aromatic nitrogens is 3. The van der Waals surface area contributed by atoms with E-state index in [4.69, 9.17) is 16.2 Å². The standard InChI is InChI=1S/C32H32F6N8O2S/c33-15-9-31(6-1-7-45(31)11-15)14-48-30-42-25-19(28(43-30)44-12-16-2-3-17(13-44)46(16)22(47)10-39)8-20(32(36,37)38)23(24(25)35)18-4-5-21(34)27-26(18)41-29(40)49-27/h4-5,8,15-17H,1-3,6-7,9-14,39H2,(H2,40,41). The lowest BCUT2D eigenvalue weighted by Gasteiger charge is -2.41. The maximum atomic E-state index is 17.0. The van der Waals surface area contributed by atoms with Crippen LogP contribution < -0.4 is 21.1 Å². The first-order valence-electron chi connectivity index (χ1n) is 16.1. The summed E-state index contributed by atoms with van der Waals surface area (Å²) in [6, 6.07) is 1.98. The summed E-state index contributed by atoms with van der Waals surface area (Å²) in [5, 5.41) is -0.304. The van der Waals surface area contributed by atoms with Crippen molar-refractivity contribution in [2.45, 2.75) is 62.1 Å². The van der Waals surface area contributed by atoms with Crippen molar-refractivity contribution in [3.05, 3.63) is 35.4 Å². The Balaban J connectivity index is 1.30. The molecule has 4 N–H and O–H groups in total. The normalized spacial score (nSPS) is 25.6. The number of nitrogen functional groups attached to an aromatic ring is 1. The monoisotopic (exact) mass is 706 g/mol. The lowest BCUT2D eigenvalue weighted by atomic mass is 9.94. The topological polar surface area (TPSA) is 127 Å². The average molecular weight is 707 g/mol. The van der Waals surface area contributed by atoms with Gasteiger partial charge in [0.2, 0.25) is 5.91 Å². The molecule has 2 aromatic heterocycles. The Labute approximate surface area is 280 Å². The Morgan fingerprint density at radius 3 is 2.55 bits per heavy atom. The highest BCUT2D eigenvalue weighted by atomic mass is 32.1. The number of hydrogen-bond acceptors (Lipinski definition) is 10. The van der Waals surface area contributed by atoms with Gasteiger partial charge in [-0.05, 0) is 50.4 Å². The van der Waals surface area contributed by atoms with E-state index in [0.29, 0.717) is 25.8 Å². The van der Waals surface area contributed by atoms with Gasteiger partial charge in [-0.3, -0.25) is 9.69 Å². The van der Waals surface area contributed by atoms with Crippen molar-refractivity contribution in [3.63, 3.8) is 0 Å². The maximum absolute atomic E-state index is 17.0. The summed E-state index contributed by atoms with van der Waals surface area (Å²) in [4.78, 5) is 31.1. The summed E-state index contributed by atoms with van der Waals surface area (Å²) in [6.07, 6.45) is -3.00. The van der Waals surface area contributed by atoms with Crippen LogP contribution in [0.15, 0.2) is 18.2 Å². The molecule has 0 spiro atoms. The van der Waals surface area contributed by atoms with Gasteiger partial charge in [0.15, 0.2) is 10.9 Å². The van der Waals surface area contributed by atoms with Crippen LogP contribution in [0.3, 0.4) is 0 Å². The van der Waals surface area contributed by atoms with Crippen molar-refractivity contribution in [1.29, 1.82) is 0 Å². The Kier molecular flexibility index (Phi) is 7.60. The number of carbonyl (C=O) groups is 1. The van der Waals surface area contributed by atoms with E-state index in [-0.39, 0.29) is 95.3 Å². The fourth-order valence-corrected chi connectivity index (χ4v) is 9.18. The van der Waals surface area contributed by atoms with Crippen molar-refractivity contribution in [2.24, 2.45) is 5.73 Å². The molecule has 49 heavy (non-hydrogen) atoms. The smallest absolute Gasteiger partial charge is 0.417 e. The molecule has 4 unspecified atom stereocenters. The Bertz CT molecular complexity index is 1980.